The van der Waals surface area contributed by atoms with E-state index in [9.17, 15) is 18.3 Å². The van der Waals surface area contributed by atoms with Gasteiger partial charge in [-0.25, -0.2) is 0 Å². The molecule has 0 aromatic heterocycles. The molecule has 4 nitrogen and oxygen atoms in total. The van der Waals surface area contributed by atoms with Gasteiger partial charge in [0.25, 0.3) is 0 Å². The molecule has 1 atom stereocenters. The van der Waals surface area contributed by atoms with Gasteiger partial charge in [-0.3, -0.25) is 4.90 Å². The highest BCUT2D eigenvalue weighted by Crippen LogP contribution is 2.37. The van der Waals surface area contributed by atoms with Crippen LogP contribution in [0.15, 0.2) is 18.2 Å². The maximum absolute atomic E-state index is 12.4. The molecule has 1 heterocycles. The van der Waals surface area contributed by atoms with E-state index in [1.54, 1.807) is 0 Å². The average Bonchev–Trinajstić information content (AvgIpc) is 2.46. The number of phenolic OH excluding ortho intramolecular Hbond substituents is 1. The smallest absolute Gasteiger partial charge is 0.508 e. The molecule has 1 aromatic rings. The van der Waals surface area contributed by atoms with Gasteiger partial charge in [-0.05, 0) is 30.5 Å². The Labute approximate surface area is 158 Å². The monoisotopic (exact) mass is 404 g/mol. The predicted molar refractivity (Wildman–Crippen MR) is 95.9 cm³/mol. The Morgan fingerprint density at radius 1 is 1.20 bits per heavy atom. The summed E-state index contributed by atoms with van der Waals surface area (Å²) in [6, 6.07) is 3.58. The van der Waals surface area contributed by atoms with Crippen LogP contribution in [0.3, 0.4) is 0 Å². The van der Waals surface area contributed by atoms with Crippen LogP contribution in [-0.2, 0) is 0 Å². The molecule has 0 radical (unpaired) electrons. The van der Waals surface area contributed by atoms with Crippen molar-refractivity contribution in [2.75, 3.05) is 26.2 Å². The summed E-state index contributed by atoms with van der Waals surface area (Å²) in [5.74, 6) is 0.0550. The molecular formula is C16H25Cl2F3N2O2. The molecular weight excluding hydrogens is 380 g/mol. The van der Waals surface area contributed by atoms with Crippen LogP contribution in [0.4, 0.5) is 13.2 Å². The summed E-state index contributed by atoms with van der Waals surface area (Å²) in [4.78, 5) is 2.20. The molecule has 25 heavy (non-hydrogen) atoms. The number of nitrogens with one attached hydrogen (secondary N) is 1. The van der Waals surface area contributed by atoms with Crippen molar-refractivity contribution in [1.29, 1.82) is 0 Å². The second-order valence-electron chi connectivity index (χ2n) is 6.20. The minimum Gasteiger partial charge on any atom is -0.508 e. The van der Waals surface area contributed by atoms with Crippen LogP contribution in [0.25, 0.3) is 0 Å². The lowest BCUT2D eigenvalue weighted by molar-refractivity contribution is -0.274. The topological polar surface area (TPSA) is 44.7 Å². The quantitative estimate of drug-likeness (QED) is 0.774. The Morgan fingerprint density at radius 3 is 2.32 bits per heavy atom. The van der Waals surface area contributed by atoms with E-state index >= 15 is 0 Å². The minimum absolute atomic E-state index is 0. The molecule has 1 aromatic carbocycles. The number of piperazine rings is 1. The largest absolute Gasteiger partial charge is 0.573 e. The van der Waals surface area contributed by atoms with Gasteiger partial charge < -0.3 is 15.2 Å². The van der Waals surface area contributed by atoms with Gasteiger partial charge in [0.2, 0.25) is 0 Å². The summed E-state index contributed by atoms with van der Waals surface area (Å²) in [5.41, 5.74) is 0.488. The van der Waals surface area contributed by atoms with Crippen molar-refractivity contribution >= 4 is 24.8 Å². The Balaban J connectivity index is 0.00000288. The van der Waals surface area contributed by atoms with Crippen molar-refractivity contribution in [1.82, 2.24) is 10.2 Å². The molecule has 0 spiro atoms. The summed E-state index contributed by atoms with van der Waals surface area (Å²) in [7, 11) is 0. The van der Waals surface area contributed by atoms with Crippen molar-refractivity contribution in [2.24, 2.45) is 5.92 Å². The van der Waals surface area contributed by atoms with E-state index in [0.717, 1.165) is 38.7 Å². The Hall–Kier alpha value is -0.890. The number of alkyl halides is 3. The second-order valence-corrected chi connectivity index (χ2v) is 6.20. The van der Waals surface area contributed by atoms with Crippen LogP contribution in [-0.4, -0.2) is 42.5 Å². The zero-order chi connectivity index (χ0) is 17.0. The highest BCUT2D eigenvalue weighted by atomic mass is 35.5. The van der Waals surface area contributed by atoms with Gasteiger partial charge in [-0.2, -0.15) is 0 Å². The molecule has 0 aliphatic carbocycles. The average molecular weight is 405 g/mol. The highest BCUT2D eigenvalue weighted by Gasteiger charge is 2.32. The molecule has 0 bridgehead atoms. The van der Waals surface area contributed by atoms with Crippen molar-refractivity contribution in [3.63, 3.8) is 0 Å². The van der Waals surface area contributed by atoms with Crippen molar-refractivity contribution in [3.8, 4) is 11.5 Å². The predicted octanol–water partition coefficient (Wildman–Crippen LogP) is 4.13. The fourth-order valence-electron chi connectivity index (χ4n) is 2.91. The first-order valence-corrected chi connectivity index (χ1v) is 7.79. The maximum atomic E-state index is 12.4. The van der Waals surface area contributed by atoms with Gasteiger partial charge in [0.1, 0.15) is 11.5 Å². The lowest BCUT2D eigenvalue weighted by Crippen LogP contribution is -2.45. The molecule has 146 valence electrons. The molecule has 0 saturated carbocycles. The number of benzene rings is 1. The van der Waals surface area contributed by atoms with Crippen LogP contribution in [0.2, 0.25) is 0 Å². The molecule has 2 N–H and O–H groups in total. The number of halogens is 5. The first-order chi connectivity index (χ1) is 10.8. The highest BCUT2D eigenvalue weighted by molar-refractivity contribution is 5.85. The maximum Gasteiger partial charge on any atom is 0.573 e. The third-order valence-corrected chi connectivity index (χ3v) is 3.88. The van der Waals surface area contributed by atoms with Gasteiger partial charge in [0.05, 0.1) is 0 Å². The lowest BCUT2D eigenvalue weighted by Gasteiger charge is -2.36. The molecule has 9 heteroatoms. The van der Waals surface area contributed by atoms with Gasteiger partial charge in [0.15, 0.2) is 0 Å². The number of hydrogen-bond donors (Lipinski definition) is 2. The van der Waals surface area contributed by atoms with Crippen LogP contribution in [0.5, 0.6) is 11.5 Å². The van der Waals surface area contributed by atoms with Gasteiger partial charge in [0, 0.05) is 37.8 Å². The Kier molecular flexibility index (Phi) is 9.94. The summed E-state index contributed by atoms with van der Waals surface area (Å²) in [6.07, 6.45) is -3.99. The molecule has 1 aliphatic heterocycles. The van der Waals surface area contributed by atoms with E-state index in [2.05, 4.69) is 28.8 Å². The number of phenols is 1. The van der Waals surface area contributed by atoms with E-state index in [-0.39, 0.29) is 42.4 Å². The summed E-state index contributed by atoms with van der Waals surface area (Å²) >= 11 is 0. The van der Waals surface area contributed by atoms with Crippen molar-refractivity contribution in [2.45, 2.75) is 32.7 Å². The number of ether oxygens (including phenoxy) is 1. The summed E-state index contributed by atoms with van der Waals surface area (Å²) < 4.78 is 41.3. The minimum atomic E-state index is -4.74. The number of aromatic hydroxyl groups is 1. The van der Waals surface area contributed by atoms with Crippen LogP contribution < -0.4 is 10.1 Å². The fourth-order valence-corrected chi connectivity index (χ4v) is 2.91. The van der Waals surface area contributed by atoms with Crippen LogP contribution in [0.1, 0.15) is 31.9 Å². The first-order valence-electron chi connectivity index (χ1n) is 7.79. The molecule has 0 unspecified atom stereocenters. The van der Waals surface area contributed by atoms with E-state index in [0.29, 0.717) is 11.5 Å². The summed E-state index contributed by atoms with van der Waals surface area (Å²) in [6.45, 7) is 7.36. The second kappa shape index (κ2) is 10.3. The van der Waals surface area contributed by atoms with E-state index in [4.69, 9.17) is 0 Å². The van der Waals surface area contributed by atoms with Crippen LogP contribution >= 0.6 is 24.8 Å². The lowest BCUT2D eigenvalue weighted by atomic mass is 9.94. The van der Waals surface area contributed by atoms with Crippen molar-refractivity contribution in [3.05, 3.63) is 23.8 Å². The number of nitrogens with zero attached hydrogens (tertiary/aromatic N) is 1. The SMILES string of the molecule is CC(C)C[C@@H](c1cc(OC(F)(F)F)ccc1O)N1CCNCC1.Cl.Cl. The summed E-state index contributed by atoms with van der Waals surface area (Å²) in [5, 5.41) is 13.4. The van der Waals surface area contributed by atoms with E-state index < -0.39 is 6.36 Å². The fraction of sp³-hybridized carbons (Fsp3) is 0.625. The van der Waals surface area contributed by atoms with Gasteiger partial charge in [-0.1, -0.05) is 13.8 Å². The molecule has 2 rings (SSSR count). The van der Waals surface area contributed by atoms with E-state index in [1.165, 1.54) is 12.1 Å². The number of rotatable bonds is 5. The Bertz CT molecular complexity index is 525. The Morgan fingerprint density at radius 2 is 1.80 bits per heavy atom. The zero-order valence-corrected chi connectivity index (χ0v) is 15.8. The standard InChI is InChI=1S/C16H23F3N2O2.2ClH/c1-11(2)9-14(21-7-5-20-6-8-21)13-10-12(3-4-15(13)22)23-16(17,18)19;;/h3-4,10-11,14,20,22H,5-9H2,1-2H3;2*1H/t14-;;/m0../s1. The molecule has 0 amide bonds. The molecule has 1 saturated heterocycles. The first kappa shape index (κ1) is 24.1. The normalized spacial score (nSPS) is 16.7. The third kappa shape index (κ3) is 7.48. The van der Waals surface area contributed by atoms with Crippen molar-refractivity contribution < 1.29 is 23.0 Å². The van der Waals surface area contributed by atoms with Crippen LogP contribution in [0, 0.1) is 5.92 Å². The third-order valence-electron chi connectivity index (χ3n) is 3.88. The van der Waals surface area contributed by atoms with Gasteiger partial charge in [-0.15, -0.1) is 38.0 Å². The van der Waals surface area contributed by atoms with Gasteiger partial charge >= 0.3 is 6.36 Å². The molecule has 1 aliphatic rings. The molecule has 1 fully saturated rings. The zero-order valence-electron chi connectivity index (χ0n) is 14.2. The van der Waals surface area contributed by atoms with E-state index in [1.807, 2.05) is 0 Å². The number of hydrogen-bond acceptors (Lipinski definition) is 4.